The number of rotatable bonds is 6. The van der Waals surface area contributed by atoms with Crippen LogP contribution in [0.1, 0.15) is 23.2 Å². The Morgan fingerprint density at radius 3 is 2.41 bits per heavy atom. The number of halogens is 1. The highest BCUT2D eigenvalue weighted by molar-refractivity contribution is 7.89. The summed E-state index contributed by atoms with van der Waals surface area (Å²) in [5.74, 6) is -1.05. The molecule has 0 aliphatic carbocycles. The number of hydrogen-bond acceptors (Lipinski definition) is 5. The van der Waals surface area contributed by atoms with Crippen LogP contribution in [0.15, 0.2) is 59.5 Å². The minimum Gasteiger partial charge on any atom is -0.456 e. The van der Waals surface area contributed by atoms with E-state index in [2.05, 4.69) is 0 Å². The number of ketones is 1. The first kappa shape index (κ1) is 19.5. The molecule has 2 aromatic carbocycles. The molecule has 1 saturated heterocycles. The van der Waals surface area contributed by atoms with E-state index in [1.54, 1.807) is 30.3 Å². The predicted octanol–water partition coefficient (Wildman–Crippen LogP) is 2.92. The largest absolute Gasteiger partial charge is 0.456 e. The zero-order valence-corrected chi connectivity index (χ0v) is 15.9. The molecule has 8 heteroatoms. The fourth-order valence-corrected chi connectivity index (χ4v) is 4.72. The molecule has 1 atom stereocenters. The van der Waals surface area contributed by atoms with E-state index in [-0.39, 0.29) is 17.2 Å². The van der Waals surface area contributed by atoms with Crippen LogP contribution in [0.5, 0.6) is 0 Å². The molecule has 142 valence electrons. The van der Waals surface area contributed by atoms with Crippen LogP contribution in [0.4, 0.5) is 0 Å². The number of nitrogens with zero attached hydrogens (tertiary/aromatic N) is 1. The van der Waals surface area contributed by atoms with Gasteiger partial charge in [0.25, 0.3) is 0 Å². The van der Waals surface area contributed by atoms with Gasteiger partial charge in [0.15, 0.2) is 12.4 Å². The summed E-state index contributed by atoms with van der Waals surface area (Å²) in [6, 6.07) is 13.3. The van der Waals surface area contributed by atoms with Gasteiger partial charge in [0.1, 0.15) is 6.04 Å². The summed E-state index contributed by atoms with van der Waals surface area (Å²) < 4.78 is 31.9. The third-order valence-electron chi connectivity index (χ3n) is 4.34. The number of esters is 1. The van der Waals surface area contributed by atoms with E-state index in [0.717, 1.165) is 4.31 Å². The molecule has 0 radical (unpaired) electrons. The summed E-state index contributed by atoms with van der Waals surface area (Å²) in [5, 5.41) is 0.422. The van der Waals surface area contributed by atoms with E-state index >= 15 is 0 Å². The molecule has 0 saturated carbocycles. The van der Waals surface area contributed by atoms with Crippen molar-refractivity contribution in [2.75, 3.05) is 13.2 Å². The lowest BCUT2D eigenvalue weighted by Gasteiger charge is -2.22. The van der Waals surface area contributed by atoms with Gasteiger partial charge in [-0.3, -0.25) is 9.59 Å². The standard InChI is InChI=1S/C19H18ClNO5S/c20-15-8-10-16(11-9-15)27(24,25)21-12-4-7-17(21)19(23)26-13-18(22)14-5-2-1-3-6-14/h1-3,5-6,8-11,17H,4,7,12-13H2/t17-/m0/s1. The quantitative estimate of drug-likeness (QED) is 0.543. The van der Waals surface area contributed by atoms with Gasteiger partial charge < -0.3 is 4.74 Å². The van der Waals surface area contributed by atoms with E-state index in [1.807, 2.05) is 0 Å². The van der Waals surface area contributed by atoms with Crippen molar-refractivity contribution in [3.05, 3.63) is 65.2 Å². The Balaban J connectivity index is 1.69. The zero-order valence-electron chi connectivity index (χ0n) is 14.4. The molecule has 27 heavy (non-hydrogen) atoms. The molecule has 3 rings (SSSR count). The van der Waals surface area contributed by atoms with Gasteiger partial charge in [0, 0.05) is 17.1 Å². The van der Waals surface area contributed by atoms with Crippen LogP contribution in [0.25, 0.3) is 0 Å². The van der Waals surface area contributed by atoms with E-state index < -0.39 is 28.6 Å². The second-order valence-electron chi connectivity index (χ2n) is 6.12. The van der Waals surface area contributed by atoms with Crippen molar-refractivity contribution in [1.29, 1.82) is 0 Å². The summed E-state index contributed by atoms with van der Waals surface area (Å²) in [7, 11) is -3.85. The molecule has 0 unspecified atom stereocenters. The Bertz CT molecular complexity index is 928. The monoisotopic (exact) mass is 407 g/mol. The van der Waals surface area contributed by atoms with Crippen LogP contribution in [-0.2, 0) is 19.6 Å². The summed E-state index contributed by atoms with van der Waals surface area (Å²) in [6.07, 6.45) is 0.893. The van der Waals surface area contributed by atoms with Gasteiger partial charge in [-0.15, -0.1) is 0 Å². The van der Waals surface area contributed by atoms with Crippen molar-refractivity contribution < 1.29 is 22.7 Å². The molecule has 0 amide bonds. The number of hydrogen-bond donors (Lipinski definition) is 0. The molecule has 1 fully saturated rings. The van der Waals surface area contributed by atoms with Gasteiger partial charge in [-0.25, -0.2) is 8.42 Å². The van der Waals surface area contributed by atoms with Gasteiger partial charge in [0.2, 0.25) is 10.0 Å². The van der Waals surface area contributed by atoms with E-state index in [9.17, 15) is 18.0 Å². The molecule has 1 aliphatic rings. The van der Waals surface area contributed by atoms with E-state index in [0.29, 0.717) is 23.4 Å². The molecule has 0 aromatic heterocycles. The van der Waals surface area contributed by atoms with Crippen molar-refractivity contribution in [2.24, 2.45) is 0 Å². The minimum absolute atomic E-state index is 0.0620. The summed E-state index contributed by atoms with van der Waals surface area (Å²) in [5.41, 5.74) is 0.433. The lowest BCUT2D eigenvalue weighted by atomic mass is 10.1. The second kappa shape index (κ2) is 8.21. The Morgan fingerprint density at radius 1 is 1.07 bits per heavy atom. The SMILES string of the molecule is O=C(COC(=O)[C@@H]1CCCN1S(=O)(=O)c1ccc(Cl)cc1)c1ccccc1. The Kier molecular flexibility index (Phi) is 5.94. The normalized spacial score (nSPS) is 17.6. The number of Topliss-reactive ketones (excluding diaryl/α,β-unsaturated/α-hetero) is 1. The topological polar surface area (TPSA) is 80.8 Å². The van der Waals surface area contributed by atoms with Crippen LogP contribution < -0.4 is 0 Å². The average Bonchev–Trinajstić information content (AvgIpc) is 3.18. The number of carbonyl (C=O) groups excluding carboxylic acids is 2. The summed E-state index contributed by atoms with van der Waals surface area (Å²) in [4.78, 5) is 24.6. The predicted molar refractivity (Wildman–Crippen MR) is 100 cm³/mol. The van der Waals surface area contributed by atoms with Gasteiger partial charge in [-0.05, 0) is 37.1 Å². The third-order valence-corrected chi connectivity index (χ3v) is 6.51. The second-order valence-corrected chi connectivity index (χ2v) is 8.45. The first-order chi connectivity index (χ1) is 12.9. The van der Waals surface area contributed by atoms with Crippen molar-refractivity contribution in [3.8, 4) is 0 Å². The third kappa shape index (κ3) is 4.37. The van der Waals surface area contributed by atoms with Crippen LogP contribution in [0.3, 0.4) is 0 Å². The highest BCUT2D eigenvalue weighted by Gasteiger charge is 2.40. The van der Waals surface area contributed by atoms with E-state index in [4.69, 9.17) is 16.3 Å². The number of ether oxygens (including phenoxy) is 1. The first-order valence-corrected chi connectivity index (χ1v) is 10.2. The molecule has 1 heterocycles. The first-order valence-electron chi connectivity index (χ1n) is 8.42. The smallest absolute Gasteiger partial charge is 0.324 e. The highest BCUT2D eigenvalue weighted by Crippen LogP contribution is 2.27. The fraction of sp³-hybridized carbons (Fsp3) is 0.263. The zero-order chi connectivity index (χ0) is 19.4. The molecule has 0 spiro atoms. The maximum Gasteiger partial charge on any atom is 0.324 e. The van der Waals surface area contributed by atoms with Gasteiger partial charge in [0.05, 0.1) is 4.90 Å². The summed E-state index contributed by atoms with van der Waals surface area (Å²) >= 11 is 5.81. The molecule has 6 nitrogen and oxygen atoms in total. The molecule has 0 N–H and O–H groups in total. The Morgan fingerprint density at radius 2 is 1.74 bits per heavy atom. The maximum absolute atomic E-state index is 12.8. The molecular formula is C19H18ClNO5S. The van der Waals surface area contributed by atoms with Gasteiger partial charge in [-0.1, -0.05) is 41.9 Å². The van der Waals surface area contributed by atoms with Crippen LogP contribution >= 0.6 is 11.6 Å². The lowest BCUT2D eigenvalue weighted by Crippen LogP contribution is -2.41. The Hall–Kier alpha value is -2.22. The van der Waals surface area contributed by atoms with Crippen LogP contribution in [-0.4, -0.2) is 43.7 Å². The van der Waals surface area contributed by atoms with Crippen molar-refractivity contribution in [2.45, 2.75) is 23.8 Å². The molecular weight excluding hydrogens is 390 g/mol. The van der Waals surface area contributed by atoms with Crippen molar-refractivity contribution >= 4 is 33.4 Å². The van der Waals surface area contributed by atoms with Gasteiger partial charge >= 0.3 is 5.97 Å². The maximum atomic E-state index is 12.8. The van der Waals surface area contributed by atoms with Crippen LogP contribution in [0.2, 0.25) is 5.02 Å². The Labute approximate surface area is 162 Å². The number of sulfonamides is 1. The number of carbonyl (C=O) groups is 2. The minimum atomic E-state index is -3.85. The molecule has 2 aromatic rings. The van der Waals surface area contributed by atoms with Crippen molar-refractivity contribution in [1.82, 2.24) is 4.31 Å². The lowest BCUT2D eigenvalue weighted by molar-refractivity contribution is -0.146. The van der Waals surface area contributed by atoms with Gasteiger partial charge in [-0.2, -0.15) is 4.31 Å². The van der Waals surface area contributed by atoms with Crippen molar-refractivity contribution in [3.63, 3.8) is 0 Å². The number of benzene rings is 2. The average molecular weight is 408 g/mol. The fourth-order valence-electron chi connectivity index (χ4n) is 2.95. The highest BCUT2D eigenvalue weighted by atomic mass is 35.5. The molecule has 1 aliphatic heterocycles. The summed E-state index contributed by atoms with van der Waals surface area (Å²) in [6.45, 7) is -0.203. The van der Waals surface area contributed by atoms with Crippen LogP contribution in [0, 0.1) is 0 Å². The van der Waals surface area contributed by atoms with E-state index in [1.165, 1.54) is 24.3 Å². The molecule has 0 bridgehead atoms.